The summed E-state index contributed by atoms with van der Waals surface area (Å²) in [7, 11) is 0. The van der Waals surface area contributed by atoms with Gasteiger partial charge in [-0.2, -0.15) is 0 Å². The van der Waals surface area contributed by atoms with Gasteiger partial charge in [0.25, 0.3) is 5.91 Å². The van der Waals surface area contributed by atoms with Gasteiger partial charge in [0.1, 0.15) is 0 Å². The number of anilines is 1. The van der Waals surface area contributed by atoms with Gasteiger partial charge in [-0.15, -0.1) is 0 Å². The number of ketones is 1. The molecule has 1 amide bonds. The Hall–Kier alpha value is -3.53. The summed E-state index contributed by atoms with van der Waals surface area (Å²) in [6, 6.07) is 18.9. The number of hydrogen-bond acceptors (Lipinski definition) is 3. The van der Waals surface area contributed by atoms with Crippen LogP contribution in [0.2, 0.25) is 0 Å². The van der Waals surface area contributed by atoms with Gasteiger partial charge >= 0.3 is 0 Å². The molecule has 3 aromatic rings. The average Bonchev–Trinajstić information content (AvgIpc) is 3.05. The zero-order chi connectivity index (χ0) is 22.1. The van der Waals surface area contributed by atoms with Crippen molar-refractivity contribution in [1.82, 2.24) is 4.98 Å². The van der Waals surface area contributed by atoms with Crippen molar-refractivity contribution in [1.29, 1.82) is 0 Å². The minimum Gasteiger partial charge on any atom is -0.295 e. The van der Waals surface area contributed by atoms with Gasteiger partial charge in [0, 0.05) is 22.9 Å². The lowest BCUT2D eigenvalue weighted by Gasteiger charge is -2.27. The molecule has 4 nitrogen and oxygen atoms in total. The molecule has 1 aromatic heterocycles. The number of Topliss-reactive ketones (excluding diaryl/α,β-unsaturated/α-hetero) is 1. The summed E-state index contributed by atoms with van der Waals surface area (Å²) in [5.74, 6) is 0.121. The second-order valence-corrected chi connectivity index (χ2v) is 8.34. The summed E-state index contributed by atoms with van der Waals surface area (Å²) in [6.07, 6.45) is 3.34. The first-order valence-corrected chi connectivity index (χ1v) is 10.5. The van der Waals surface area contributed by atoms with Crippen molar-refractivity contribution in [2.45, 2.75) is 39.7 Å². The van der Waals surface area contributed by atoms with Crippen LogP contribution in [0.1, 0.15) is 59.8 Å². The molecule has 0 saturated heterocycles. The molecule has 1 aliphatic heterocycles. The Morgan fingerprint density at radius 2 is 1.65 bits per heavy atom. The molecule has 1 atom stereocenters. The number of aromatic nitrogens is 1. The van der Waals surface area contributed by atoms with Crippen LogP contribution in [0.25, 0.3) is 0 Å². The van der Waals surface area contributed by atoms with E-state index in [2.05, 4.69) is 31.0 Å². The summed E-state index contributed by atoms with van der Waals surface area (Å²) in [5, 5.41) is 0. The molecule has 0 aliphatic carbocycles. The Kier molecular flexibility index (Phi) is 5.55. The van der Waals surface area contributed by atoms with Gasteiger partial charge in [0.2, 0.25) is 0 Å². The highest BCUT2D eigenvalue weighted by atomic mass is 16.2. The lowest BCUT2D eigenvalue weighted by atomic mass is 9.90. The van der Waals surface area contributed by atoms with Crippen LogP contribution in [0.15, 0.2) is 84.2 Å². The number of nitrogens with zero attached hydrogens (tertiary/aromatic N) is 2. The SMILES string of the molecule is CC1=C(C(=O)c2ccc(C)cc2)C(c2ccc(C(C)C)cc2)N(c2cccnc2)C1=O. The third-order valence-corrected chi connectivity index (χ3v) is 5.88. The second kappa shape index (κ2) is 8.31. The molecule has 31 heavy (non-hydrogen) atoms. The van der Waals surface area contributed by atoms with E-state index in [9.17, 15) is 9.59 Å². The normalized spacial score (nSPS) is 16.4. The molecule has 156 valence electrons. The van der Waals surface area contributed by atoms with Crippen molar-refractivity contribution < 1.29 is 9.59 Å². The largest absolute Gasteiger partial charge is 0.295 e. The summed E-state index contributed by atoms with van der Waals surface area (Å²) in [4.78, 5) is 32.8. The predicted molar refractivity (Wildman–Crippen MR) is 123 cm³/mol. The number of amides is 1. The van der Waals surface area contributed by atoms with Gasteiger partial charge in [-0.25, -0.2) is 0 Å². The molecule has 0 bridgehead atoms. The molecule has 0 saturated carbocycles. The molecule has 2 heterocycles. The molecule has 0 spiro atoms. The maximum atomic E-state index is 13.6. The molecule has 4 rings (SSSR count). The molecule has 1 aliphatic rings. The van der Waals surface area contributed by atoms with Crippen molar-refractivity contribution in [3.8, 4) is 0 Å². The van der Waals surface area contributed by atoms with Gasteiger partial charge in [-0.3, -0.25) is 19.5 Å². The van der Waals surface area contributed by atoms with E-state index in [4.69, 9.17) is 0 Å². The number of rotatable bonds is 5. The van der Waals surface area contributed by atoms with Crippen molar-refractivity contribution in [2.24, 2.45) is 0 Å². The molecule has 2 aromatic carbocycles. The summed E-state index contributed by atoms with van der Waals surface area (Å²) in [5.41, 5.74) is 5.48. The number of pyridine rings is 1. The quantitative estimate of drug-likeness (QED) is 0.500. The minimum absolute atomic E-state index is 0.116. The Balaban J connectivity index is 1.85. The first-order chi connectivity index (χ1) is 14.9. The first-order valence-electron chi connectivity index (χ1n) is 10.5. The molecular weight excluding hydrogens is 384 g/mol. The minimum atomic E-state index is -0.494. The molecular formula is C27H26N2O2. The second-order valence-electron chi connectivity index (χ2n) is 8.34. The number of carbonyl (C=O) groups is 2. The van der Waals surface area contributed by atoms with E-state index >= 15 is 0 Å². The number of hydrogen-bond donors (Lipinski definition) is 0. The van der Waals surface area contributed by atoms with Crippen LogP contribution < -0.4 is 4.90 Å². The van der Waals surface area contributed by atoms with Crippen LogP contribution in [0, 0.1) is 6.92 Å². The van der Waals surface area contributed by atoms with Gasteiger partial charge in [0.05, 0.1) is 17.9 Å². The van der Waals surface area contributed by atoms with Crippen LogP contribution in [-0.4, -0.2) is 16.7 Å². The fourth-order valence-electron chi connectivity index (χ4n) is 4.04. The Bertz CT molecular complexity index is 1140. The third kappa shape index (κ3) is 3.81. The Morgan fingerprint density at radius 1 is 0.968 bits per heavy atom. The molecule has 0 fully saturated rings. The monoisotopic (exact) mass is 410 g/mol. The number of carbonyl (C=O) groups excluding carboxylic acids is 2. The van der Waals surface area contributed by atoms with Gasteiger partial charge in [-0.05, 0) is 43.0 Å². The van der Waals surface area contributed by atoms with Crippen LogP contribution in [0.3, 0.4) is 0 Å². The lowest BCUT2D eigenvalue weighted by molar-refractivity contribution is -0.114. The zero-order valence-electron chi connectivity index (χ0n) is 18.3. The van der Waals surface area contributed by atoms with Crippen LogP contribution in [0.5, 0.6) is 0 Å². The van der Waals surface area contributed by atoms with Crippen molar-refractivity contribution in [3.63, 3.8) is 0 Å². The van der Waals surface area contributed by atoms with Crippen molar-refractivity contribution >= 4 is 17.4 Å². The highest BCUT2D eigenvalue weighted by Gasteiger charge is 2.42. The molecule has 0 N–H and O–H groups in total. The standard InChI is InChI=1S/C27H26N2O2/c1-17(2)20-11-13-21(14-12-20)25-24(26(30)22-9-7-18(3)8-10-22)19(4)27(31)29(25)23-6-5-15-28-16-23/h5-17,25H,1-4H3. The lowest BCUT2D eigenvalue weighted by Crippen LogP contribution is -2.31. The van der Waals surface area contributed by atoms with Crippen molar-refractivity contribution in [2.75, 3.05) is 4.90 Å². The third-order valence-electron chi connectivity index (χ3n) is 5.88. The van der Waals surface area contributed by atoms with Gasteiger partial charge in [0.15, 0.2) is 5.78 Å². The van der Waals surface area contributed by atoms with Crippen LogP contribution in [-0.2, 0) is 4.79 Å². The maximum Gasteiger partial charge on any atom is 0.255 e. The highest BCUT2D eigenvalue weighted by Crippen LogP contribution is 2.42. The predicted octanol–water partition coefficient (Wildman–Crippen LogP) is 5.80. The van der Waals surface area contributed by atoms with E-state index in [0.29, 0.717) is 28.3 Å². The van der Waals surface area contributed by atoms with E-state index in [0.717, 1.165) is 11.1 Å². The van der Waals surface area contributed by atoms with Gasteiger partial charge in [-0.1, -0.05) is 67.9 Å². The molecule has 1 unspecified atom stereocenters. The zero-order valence-corrected chi connectivity index (χ0v) is 18.3. The van der Waals surface area contributed by atoms with Crippen molar-refractivity contribution in [3.05, 3.63) is 106 Å². The fourth-order valence-corrected chi connectivity index (χ4v) is 4.04. The van der Waals surface area contributed by atoms with Crippen LogP contribution in [0.4, 0.5) is 5.69 Å². The molecule has 0 radical (unpaired) electrons. The summed E-state index contributed by atoms with van der Waals surface area (Å²) >= 11 is 0. The van der Waals surface area contributed by atoms with E-state index < -0.39 is 6.04 Å². The number of aryl methyl sites for hydroxylation is 1. The van der Waals surface area contributed by atoms with E-state index in [-0.39, 0.29) is 11.7 Å². The Labute approximate surface area is 183 Å². The van der Waals surface area contributed by atoms with Crippen LogP contribution >= 0.6 is 0 Å². The number of benzene rings is 2. The highest BCUT2D eigenvalue weighted by molar-refractivity contribution is 6.21. The van der Waals surface area contributed by atoms with E-state index in [1.807, 2.05) is 49.4 Å². The Morgan fingerprint density at radius 3 is 2.23 bits per heavy atom. The summed E-state index contributed by atoms with van der Waals surface area (Å²) in [6.45, 7) is 8.02. The fraction of sp³-hybridized carbons (Fsp3) is 0.222. The average molecular weight is 411 g/mol. The smallest absolute Gasteiger partial charge is 0.255 e. The topological polar surface area (TPSA) is 50.3 Å². The van der Waals surface area contributed by atoms with E-state index in [1.54, 1.807) is 30.3 Å². The molecule has 4 heteroatoms. The van der Waals surface area contributed by atoms with Gasteiger partial charge < -0.3 is 0 Å². The summed E-state index contributed by atoms with van der Waals surface area (Å²) < 4.78 is 0. The first kappa shape index (κ1) is 20.7. The van der Waals surface area contributed by atoms with E-state index in [1.165, 1.54) is 5.56 Å². The maximum absolute atomic E-state index is 13.6.